The van der Waals surface area contributed by atoms with Crippen molar-refractivity contribution in [1.29, 1.82) is 0 Å². The van der Waals surface area contributed by atoms with E-state index in [2.05, 4.69) is 53.9 Å². The Bertz CT molecular complexity index is 528. The van der Waals surface area contributed by atoms with Crippen molar-refractivity contribution in [1.82, 2.24) is 14.9 Å². The van der Waals surface area contributed by atoms with E-state index in [-0.39, 0.29) is 0 Å². The van der Waals surface area contributed by atoms with Crippen molar-refractivity contribution in [2.24, 2.45) is 0 Å². The lowest BCUT2D eigenvalue weighted by molar-refractivity contribution is 0.552. The van der Waals surface area contributed by atoms with E-state index in [1.165, 1.54) is 33.1 Å². The van der Waals surface area contributed by atoms with Crippen LogP contribution in [0, 0.1) is 20.8 Å². The van der Waals surface area contributed by atoms with Gasteiger partial charge >= 0.3 is 0 Å². The summed E-state index contributed by atoms with van der Waals surface area (Å²) < 4.78 is 4.06. The van der Waals surface area contributed by atoms with Gasteiger partial charge in [-0.1, -0.05) is 29.6 Å². The van der Waals surface area contributed by atoms with Gasteiger partial charge in [0.15, 0.2) is 0 Å². The second-order valence-electron chi connectivity index (χ2n) is 4.91. The monoisotopic (exact) mass is 275 g/mol. The van der Waals surface area contributed by atoms with Gasteiger partial charge in [0.2, 0.25) is 0 Å². The molecule has 2 aromatic rings. The van der Waals surface area contributed by atoms with Crippen molar-refractivity contribution in [3.8, 4) is 0 Å². The third-order valence-electron chi connectivity index (χ3n) is 3.51. The van der Waals surface area contributed by atoms with E-state index < -0.39 is 0 Å². The Labute approximate surface area is 119 Å². The van der Waals surface area contributed by atoms with E-state index in [1.54, 1.807) is 0 Å². The SMILES string of the molecule is CCNC(Cc1c(C)cccc1C)c1snnc1C. The lowest BCUT2D eigenvalue weighted by atomic mass is 9.95. The number of nitrogens with one attached hydrogen (secondary N) is 1. The van der Waals surface area contributed by atoms with Crippen LogP contribution >= 0.6 is 11.5 Å². The highest BCUT2D eigenvalue weighted by Crippen LogP contribution is 2.26. The van der Waals surface area contributed by atoms with Gasteiger partial charge in [0.25, 0.3) is 0 Å². The molecule has 0 saturated heterocycles. The molecule has 0 radical (unpaired) electrons. The van der Waals surface area contributed by atoms with Crippen molar-refractivity contribution in [2.75, 3.05) is 6.54 Å². The summed E-state index contributed by atoms with van der Waals surface area (Å²) in [4.78, 5) is 1.25. The summed E-state index contributed by atoms with van der Waals surface area (Å²) in [6.45, 7) is 9.49. The molecule has 0 saturated carbocycles. The Kier molecular flexibility index (Phi) is 4.66. The number of aromatic nitrogens is 2. The summed E-state index contributed by atoms with van der Waals surface area (Å²) >= 11 is 1.50. The van der Waals surface area contributed by atoms with Crippen molar-refractivity contribution in [3.05, 3.63) is 45.5 Å². The maximum absolute atomic E-state index is 4.13. The molecule has 0 fully saturated rings. The third kappa shape index (κ3) is 3.19. The zero-order valence-corrected chi connectivity index (χ0v) is 12.8. The number of nitrogens with zero attached hydrogens (tertiary/aromatic N) is 2. The van der Waals surface area contributed by atoms with Gasteiger partial charge in [0, 0.05) is 6.04 Å². The number of hydrogen-bond acceptors (Lipinski definition) is 4. The number of aryl methyl sites for hydroxylation is 3. The van der Waals surface area contributed by atoms with Crippen LogP contribution in [0.3, 0.4) is 0 Å². The minimum atomic E-state index is 0.310. The van der Waals surface area contributed by atoms with Gasteiger partial charge in [-0.25, -0.2) is 0 Å². The molecule has 0 amide bonds. The molecule has 0 aliphatic carbocycles. The van der Waals surface area contributed by atoms with Gasteiger partial charge in [-0.05, 0) is 62.0 Å². The molecule has 2 rings (SSSR count). The van der Waals surface area contributed by atoms with Gasteiger partial charge < -0.3 is 5.32 Å². The van der Waals surface area contributed by atoms with Crippen molar-refractivity contribution >= 4 is 11.5 Å². The highest BCUT2D eigenvalue weighted by atomic mass is 32.1. The zero-order valence-electron chi connectivity index (χ0n) is 12.0. The van der Waals surface area contributed by atoms with Gasteiger partial charge in [0.05, 0.1) is 10.6 Å². The predicted octanol–water partition coefficient (Wildman–Crippen LogP) is 3.36. The smallest absolute Gasteiger partial charge is 0.0772 e. The number of rotatable bonds is 5. The second-order valence-corrected chi connectivity index (χ2v) is 5.69. The normalized spacial score (nSPS) is 12.6. The topological polar surface area (TPSA) is 37.8 Å². The predicted molar refractivity (Wildman–Crippen MR) is 80.7 cm³/mol. The third-order valence-corrected chi connectivity index (χ3v) is 4.45. The van der Waals surface area contributed by atoms with E-state index >= 15 is 0 Å². The van der Waals surface area contributed by atoms with Gasteiger partial charge in [-0.3, -0.25) is 0 Å². The van der Waals surface area contributed by atoms with Crippen LogP contribution in [0.4, 0.5) is 0 Å². The standard InChI is InChI=1S/C15H21N3S/c1-5-16-14(15-12(4)17-18-19-15)9-13-10(2)7-6-8-11(13)3/h6-8,14,16H,5,9H2,1-4H3. The van der Waals surface area contributed by atoms with Crippen LogP contribution in [-0.4, -0.2) is 16.1 Å². The van der Waals surface area contributed by atoms with Gasteiger partial charge in [-0.15, -0.1) is 5.10 Å². The molecule has 0 aliphatic rings. The van der Waals surface area contributed by atoms with Crippen LogP contribution in [0.25, 0.3) is 0 Å². The van der Waals surface area contributed by atoms with E-state index in [9.17, 15) is 0 Å². The molecule has 1 aromatic carbocycles. The van der Waals surface area contributed by atoms with Crippen LogP contribution < -0.4 is 5.32 Å². The molecule has 3 nitrogen and oxygen atoms in total. The first kappa shape index (κ1) is 14.2. The van der Waals surface area contributed by atoms with E-state index in [0.717, 1.165) is 18.7 Å². The molecule has 1 unspecified atom stereocenters. The summed E-state index contributed by atoms with van der Waals surface area (Å²) in [6, 6.07) is 6.80. The summed E-state index contributed by atoms with van der Waals surface area (Å²) in [5, 5.41) is 7.69. The largest absolute Gasteiger partial charge is 0.309 e. The Balaban J connectivity index is 2.29. The van der Waals surface area contributed by atoms with Crippen molar-refractivity contribution < 1.29 is 0 Å². The fourth-order valence-corrected chi connectivity index (χ4v) is 3.15. The van der Waals surface area contributed by atoms with E-state index in [1.807, 2.05) is 6.92 Å². The highest BCUT2D eigenvalue weighted by Gasteiger charge is 2.18. The molecule has 1 N–H and O–H groups in total. The fourth-order valence-electron chi connectivity index (χ4n) is 2.44. The van der Waals surface area contributed by atoms with Gasteiger partial charge in [0.1, 0.15) is 0 Å². The van der Waals surface area contributed by atoms with Crippen LogP contribution in [0.2, 0.25) is 0 Å². The second kappa shape index (κ2) is 6.26. The lowest BCUT2D eigenvalue weighted by Crippen LogP contribution is -2.23. The van der Waals surface area contributed by atoms with E-state index in [4.69, 9.17) is 0 Å². The molecular formula is C15H21N3S. The Morgan fingerprint density at radius 3 is 2.42 bits per heavy atom. The molecule has 1 heterocycles. The number of hydrogen-bond donors (Lipinski definition) is 1. The summed E-state index contributed by atoms with van der Waals surface area (Å²) in [5.74, 6) is 0. The van der Waals surface area contributed by atoms with Crippen molar-refractivity contribution in [3.63, 3.8) is 0 Å². The Morgan fingerprint density at radius 1 is 1.21 bits per heavy atom. The van der Waals surface area contributed by atoms with Gasteiger partial charge in [-0.2, -0.15) is 0 Å². The molecule has 4 heteroatoms. The minimum Gasteiger partial charge on any atom is -0.309 e. The average Bonchev–Trinajstić information content (AvgIpc) is 2.79. The fraction of sp³-hybridized carbons (Fsp3) is 0.467. The lowest BCUT2D eigenvalue weighted by Gasteiger charge is -2.19. The molecular weight excluding hydrogens is 254 g/mol. The Hall–Kier alpha value is -1.26. The number of benzene rings is 1. The summed E-state index contributed by atoms with van der Waals surface area (Å²) in [7, 11) is 0. The molecule has 102 valence electrons. The van der Waals surface area contributed by atoms with Crippen LogP contribution in [-0.2, 0) is 6.42 Å². The summed E-state index contributed by atoms with van der Waals surface area (Å²) in [5.41, 5.74) is 5.19. The van der Waals surface area contributed by atoms with Crippen molar-refractivity contribution in [2.45, 2.75) is 40.2 Å². The molecule has 19 heavy (non-hydrogen) atoms. The number of likely N-dealkylation sites (N-methyl/N-ethyl adjacent to an activating group) is 1. The molecule has 1 aromatic heterocycles. The van der Waals surface area contributed by atoms with Crippen LogP contribution in [0.15, 0.2) is 18.2 Å². The molecule has 1 atom stereocenters. The molecule has 0 spiro atoms. The first-order valence-electron chi connectivity index (χ1n) is 6.70. The Morgan fingerprint density at radius 2 is 1.89 bits per heavy atom. The van der Waals surface area contributed by atoms with E-state index in [0.29, 0.717) is 6.04 Å². The molecule has 0 bridgehead atoms. The summed E-state index contributed by atoms with van der Waals surface area (Å²) in [6.07, 6.45) is 0.997. The van der Waals surface area contributed by atoms with Crippen LogP contribution in [0.1, 0.15) is 40.2 Å². The minimum absolute atomic E-state index is 0.310. The first-order valence-corrected chi connectivity index (χ1v) is 7.48. The van der Waals surface area contributed by atoms with Crippen LogP contribution in [0.5, 0.6) is 0 Å². The maximum atomic E-state index is 4.13. The zero-order chi connectivity index (χ0) is 13.8. The first-order chi connectivity index (χ1) is 9.13. The molecule has 0 aliphatic heterocycles. The quantitative estimate of drug-likeness (QED) is 0.909. The average molecular weight is 275 g/mol. The maximum Gasteiger partial charge on any atom is 0.0772 e. The highest BCUT2D eigenvalue weighted by molar-refractivity contribution is 7.05.